The number of benzene rings is 2. The van der Waals surface area contributed by atoms with Gasteiger partial charge in [0.2, 0.25) is 5.91 Å². The molecule has 0 saturated heterocycles. The minimum atomic E-state index is -0.329. The molecule has 0 aliphatic carbocycles. The van der Waals surface area contributed by atoms with Crippen molar-refractivity contribution < 1.29 is 13.6 Å². The number of nitrogens with one attached hydrogen (secondary N) is 1. The van der Waals surface area contributed by atoms with E-state index in [2.05, 4.69) is 10.4 Å². The van der Waals surface area contributed by atoms with Gasteiger partial charge in [-0.1, -0.05) is 24.3 Å². The van der Waals surface area contributed by atoms with Crippen molar-refractivity contribution in [2.24, 2.45) is 0 Å². The van der Waals surface area contributed by atoms with Gasteiger partial charge >= 0.3 is 0 Å². The van der Waals surface area contributed by atoms with Gasteiger partial charge in [-0.25, -0.2) is 9.07 Å². The summed E-state index contributed by atoms with van der Waals surface area (Å²) in [6.07, 6.45) is 4.36. The van der Waals surface area contributed by atoms with Crippen LogP contribution >= 0.6 is 0 Å². The maximum atomic E-state index is 13.8. The van der Waals surface area contributed by atoms with Crippen molar-refractivity contribution in [2.45, 2.75) is 19.4 Å². The Bertz CT molecular complexity index is 1090. The number of aryl methyl sites for hydroxylation is 1. The van der Waals surface area contributed by atoms with Gasteiger partial charge in [-0.3, -0.25) is 4.79 Å². The molecule has 0 atom stereocenters. The van der Waals surface area contributed by atoms with Crippen LogP contribution in [0.1, 0.15) is 17.7 Å². The molecule has 0 saturated carbocycles. The van der Waals surface area contributed by atoms with Crippen LogP contribution in [0, 0.1) is 5.82 Å². The van der Waals surface area contributed by atoms with Crippen molar-refractivity contribution >= 4 is 5.91 Å². The maximum Gasteiger partial charge on any atom is 0.220 e. The fourth-order valence-electron chi connectivity index (χ4n) is 3.03. The Morgan fingerprint density at radius 1 is 1.03 bits per heavy atom. The van der Waals surface area contributed by atoms with Crippen LogP contribution < -0.4 is 5.32 Å². The summed E-state index contributed by atoms with van der Waals surface area (Å²) in [7, 11) is 0. The lowest BCUT2D eigenvalue weighted by atomic mass is 10.1. The molecule has 0 fully saturated rings. The van der Waals surface area contributed by atoms with E-state index in [0.29, 0.717) is 36.5 Å². The third-order valence-corrected chi connectivity index (χ3v) is 4.59. The van der Waals surface area contributed by atoms with E-state index in [9.17, 15) is 9.18 Å². The number of carbonyl (C=O) groups is 1. The first-order valence-corrected chi connectivity index (χ1v) is 9.38. The molecule has 0 bridgehead atoms. The van der Waals surface area contributed by atoms with E-state index in [1.54, 1.807) is 41.2 Å². The molecule has 146 valence electrons. The van der Waals surface area contributed by atoms with Crippen LogP contribution in [-0.2, 0) is 17.8 Å². The van der Waals surface area contributed by atoms with E-state index < -0.39 is 0 Å². The lowest BCUT2D eigenvalue weighted by Gasteiger charge is -2.06. The summed E-state index contributed by atoms with van der Waals surface area (Å²) < 4.78 is 21.3. The van der Waals surface area contributed by atoms with Crippen molar-refractivity contribution in [2.75, 3.05) is 0 Å². The molecule has 0 radical (unpaired) electrons. The molecule has 1 amide bonds. The monoisotopic (exact) mass is 389 g/mol. The van der Waals surface area contributed by atoms with Gasteiger partial charge in [0.25, 0.3) is 0 Å². The lowest BCUT2D eigenvalue weighted by molar-refractivity contribution is -0.121. The van der Waals surface area contributed by atoms with Crippen molar-refractivity contribution in [1.29, 1.82) is 0 Å². The van der Waals surface area contributed by atoms with Gasteiger partial charge in [-0.05, 0) is 48.0 Å². The molecular formula is C23H20FN3O2. The third kappa shape index (κ3) is 4.60. The van der Waals surface area contributed by atoms with E-state index in [1.165, 1.54) is 6.07 Å². The fourth-order valence-corrected chi connectivity index (χ4v) is 3.03. The summed E-state index contributed by atoms with van der Waals surface area (Å²) >= 11 is 0. The van der Waals surface area contributed by atoms with Crippen LogP contribution in [0.3, 0.4) is 0 Å². The van der Waals surface area contributed by atoms with Gasteiger partial charge in [0.05, 0.1) is 11.3 Å². The zero-order valence-corrected chi connectivity index (χ0v) is 15.7. The Kier molecular flexibility index (Phi) is 5.52. The number of furan rings is 1. The second kappa shape index (κ2) is 8.56. The number of rotatable bonds is 7. The Hall–Kier alpha value is -3.67. The van der Waals surface area contributed by atoms with Gasteiger partial charge in [0.1, 0.15) is 17.3 Å². The molecule has 0 spiro atoms. The van der Waals surface area contributed by atoms with Gasteiger partial charge in [-0.2, -0.15) is 5.10 Å². The molecule has 4 aromatic rings. The summed E-state index contributed by atoms with van der Waals surface area (Å²) in [4.78, 5) is 12.1. The minimum absolute atomic E-state index is 0.0648. The largest absolute Gasteiger partial charge is 0.461 e. The molecule has 0 aliphatic heterocycles. The van der Waals surface area contributed by atoms with E-state index in [0.717, 1.165) is 11.3 Å². The SMILES string of the molecule is O=C(CCc1ccc(-c2ccccc2F)o1)NCc1ccc(-n2cccn2)cc1. The van der Waals surface area contributed by atoms with Crippen molar-refractivity contribution in [3.63, 3.8) is 0 Å². The minimum Gasteiger partial charge on any atom is -0.461 e. The Morgan fingerprint density at radius 2 is 1.86 bits per heavy atom. The smallest absolute Gasteiger partial charge is 0.220 e. The molecule has 29 heavy (non-hydrogen) atoms. The predicted molar refractivity (Wildman–Crippen MR) is 108 cm³/mol. The van der Waals surface area contributed by atoms with Crippen molar-refractivity contribution in [1.82, 2.24) is 15.1 Å². The summed E-state index contributed by atoms with van der Waals surface area (Å²) in [6.45, 7) is 0.455. The lowest BCUT2D eigenvalue weighted by Crippen LogP contribution is -2.22. The zero-order valence-electron chi connectivity index (χ0n) is 15.7. The van der Waals surface area contributed by atoms with Gasteiger partial charge in [0.15, 0.2) is 0 Å². The van der Waals surface area contributed by atoms with Crippen molar-refractivity contribution in [3.8, 4) is 17.0 Å². The highest BCUT2D eigenvalue weighted by Crippen LogP contribution is 2.25. The number of nitrogens with zero attached hydrogens (tertiary/aromatic N) is 2. The quantitative estimate of drug-likeness (QED) is 0.506. The van der Waals surface area contributed by atoms with Crippen LogP contribution in [0.25, 0.3) is 17.0 Å². The second-order valence-corrected chi connectivity index (χ2v) is 6.64. The van der Waals surface area contributed by atoms with Gasteiger partial charge in [0, 0.05) is 31.8 Å². The molecule has 2 heterocycles. The summed E-state index contributed by atoms with van der Waals surface area (Å²) in [5, 5.41) is 7.09. The van der Waals surface area contributed by atoms with Crippen molar-refractivity contribution in [3.05, 3.63) is 96.3 Å². The molecule has 4 rings (SSSR count). The highest BCUT2D eigenvalue weighted by Gasteiger charge is 2.10. The Balaban J connectivity index is 1.27. The first kappa shape index (κ1) is 18.7. The van der Waals surface area contributed by atoms with Gasteiger partial charge < -0.3 is 9.73 Å². The van der Waals surface area contributed by atoms with E-state index in [-0.39, 0.29) is 11.7 Å². The highest BCUT2D eigenvalue weighted by molar-refractivity contribution is 5.76. The van der Waals surface area contributed by atoms with Crippen LogP contribution in [-0.4, -0.2) is 15.7 Å². The van der Waals surface area contributed by atoms with Crippen LogP contribution in [0.2, 0.25) is 0 Å². The van der Waals surface area contributed by atoms with E-state index in [1.807, 2.05) is 36.5 Å². The van der Waals surface area contributed by atoms with Gasteiger partial charge in [-0.15, -0.1) is 0 Å². The molecule has 6 heteroatoms. The summed E-state index contributed by atoms with van der Waals surface area (Å²) in [6, 6.07) is 19.7. The number of aromatic nitrogens is 2. The predicted octanol–water partition coefficient (Wildman–Crippen LogP) is 4.52. The standard InChI is InChI=1S/C23H20FN3O2/c24-21-5-2-1-4-20(21)22-12-10-19(29-22)11-13-23(28)25-16-17-6-8-18(9-7-17)27-15-3-14-26-27/h1-10,12,14-15H,11,13,16H2,(H,25,28). The van der Waals surface area contributed by atoms with Crippen LogP contribution in [0.4, 0.5) is 4.39 Å². The molecule has 5 nitrogen and oxygen atoms in total. The number of hydrogen-bond acceptors (Lipinski definition) is 3. The highest BCUT2D eigenvalue weighted by atomic mass is 19.1. The van der Waals surface area contributed by atoms with E-state index >= 15 is 0 Å². The first-order chi connectivity index (χ1) is 14.2. The number of hydrogen-bond donors (Lipinski definition) is 1. The molecule has 0 unspecified atom stereocenters. The topological polar surface area (TPSA) is 60.1 Å². The summed E-state index contributed by atoms with van der Waals surface area (Å²) in [5.74, 6) is 0.729. The fraction of sp³-hybridized carbons (Fsp3) is 0.130. The zero-order chi connectivity index (χ0) is 20.1. The average Bonchev–Trinajstić information content (AvgIpc) is 3.44. The average molecular weight is 389 g/mol. The van der Waals surface area contributed by atoms with Crippen LogP contribution in [0.5, 0.6) is 0 Å². The first-order valence-electron chi connectivity index (χ1n) is 9.38. The second-order valence-electron chi connectivity index (χ2n) is 6.64. The number of halogens is 1. The number of amides is 1. The molecule has 1 N–H and O–H groups in total. The third-order valence-electron chi connectivity index (χ3n) is 4.59. The summed E-state index contributed by atoms with van der Waals surface area (Å²) in [5.41, 5.74) is 2.39. The molecule has 2 aromatic carbocycles. The Morgan fingerprint density at radius 3 is 2.62 bits per heavy atom. The molecule has 0 aliphatic rings. The molecule has 2 aromatic heterocycles. The number of carbonyl (C=O) groups excluding carboxylic acids is 1. The molecular weight excluding hydrogens is 369 g/mol. The normalized spacial score (nSPS) is 10.8. The van der Waals surface area contributed by atoms with Crippen LogP contribution in [0.15, 0.2) is 83.5 Å². The maximum absolute atomic E-state index is 13.8. The Labute approximate surface area is 167 Å². The van der Waals surface area contributed by atoms with E-state index in [4.69, 9.17) is 4.42 Å².